The normalized spacial score (nSPS) is 11.3. The van der Waals surface area contributed by atoms with E-state index in [0.717, 1.165) is 9.13 Å². The van der Waals surface area contributed by atoms with E-state index in [1.165, 1.54) is 48.5 Å². The Kier molecular flexibility index (Phi) is 4.61. The summed E-state index contributed by atoms with van der Waals surface area (Å²) in [5, 5.41) is 1.36. The van der Waals surface area contributed by atoms with Crippen LogP contribution >= 0.6 is 23.2 Å². The van der Waals surface area contributed by atoms with E-state index in [1.807, 2.05) is 0 Å². The molecule has 2 heterocycles. The Morgan fingerprint density at radius 1 is 0.562 bits per heavy atom. The van der Waals surface area contributed by atoms with Crippen molar-refractivity contribution in [1.29, 1.82) is 0 Å². The Labute approximate surface area is 187 Å². The summed E-state index contributed by atoms with van der Waals surface area (Å²) < 4.78 is 1.94. The monoisotopic (exact) mass is 466 g/mol. The Morgan fingerprint density at radius 2 is 0.938 bits per heavy atom. The molecule has 0 aliphatic rings. The zero-order valence-corrected chi connectivity index (χ0v) is 17.6. The van der Waals surface area contributed by atoms with E-state index in [0.29, 0.717) is 31.9 Å². The van der Waals surface area contributed by atoms with Gasteiger partial charge in [-0.3, -0.25) is 9.59 Å². The summed E-state index contributed by atoms with van der Waals surface area (Å²) >= 11 is 11.9. The topological polar surface area (TPSA) is 110 Å². The smallest absolute Gasteiger partial charge is 0.306 e. The predicted molar refractivity (Wildman–Crippen MR) is 124 cm³/mol. The lowest BCUT2D eigenvalue weighted by molar-refractivity contribution is 0.886. The predicted octanol–water partition coefficient (Wildman–Crippen LogP) is 2.98. The van der Waals surface area contributed by atoms with E-state index in [4.69, 9.17) is 23.2 Å². The van der Waals surface area contributed by atoms with Crippen LogP contribution in [0.3, 0.4) is 0 Å². The van der Waals surface area contributed by atoms with E-state index >= 15 is 0 Å². The number of rotatable bonds is 2. The third kappa shape index (κ3) is 3.17. The average Bonchev–Trinajstić information content (AvgIpc) is 2.74. The van der Waals surface area contributed by atoms with Crippen LogP contribution in [0.15, 0.2) is 79.8 Å². The minimum Gasteiger partial charge on any atom is -0.306 e. The van der Waals surface area contributed by atoms with Gasteiger partial charge in [0.2, 0.25) is 0 Å². The van der Waals surface area contributed by atoms with Crippen molar-refractivity contribution in [2.75, 3.05) is 0 Å². The van der Waals surface area contributed by atoms with Gasteiger partial charge < -0.3 is 9.97 Å². The fraction of sp³-hybridized carbons (Fsp3) is 0. The highest BCUT2D eigenvalue weighted by molar-refractivity contribution is 6.31. The molecule has 2 aromatic heterocycles. The minimum absolute atomic E-state index is 0.272. The van der Waals surface area contributed by atoms with Gasteiger partial charge in [0.05, 0.1) is 33.2 Å². The molecule has 3 aromatic carbocycles. The van der Waals surface area contributed by atoms with Gasteiger partial charge in [-0.2, -0.15) is 0 Å². The molecule has 0 saturated carbocycles. The van der Waals surface area contributed by atoms with Crippen molar-refractivity contribution in [3.05, 3.63) is 112 Å². The summed E-state index contributed by atoms with van der Waals surface area (Å²) in [5.74, 6) is 0. The maximum atomic E-state index is 12.9. The van der Waals surface area contributed by atoms with Gasteiger partial charge in [-0.15, -0.1) is 0 Å². The molecule has 32 heavy (non-hydrogen) atoms. The van der Waals surface area contributed by atoms with Gasteiger partial charge in [0, 0.05) is 10.0 Å². The maximum absolute atomic E-state index is 12.9. The largest absolute Gasteiger partial charge is 0.333 e. The number of fused-ring (bicyclic) bond motifs is 2. The van der Waals surface area contributed by atoms with Crippen molar-refractivity contribution in [3.8, 4) is 11.4 Å². The standard InChI is InChI=1S/C22H12Cl2N4O4/c23-11-1-7-15-17(9-11)25-21(31)27(19(15)29)13-3-5-14(6-4-13)28-20(30)16-8-2-12(24)10-18(16)26-22(28)32/h1-10H,(H,25,31)(H,26,32). The first-order valence-corrected chi connectivity index (χ1v) is 10.1. The summed E-state index contributed by atoms with van der Waals surface area (Å²) in [6, 6.07) is 15.1. The molecule has 5 aromatic rings. The molecule has 5 rings (SSSR count). The molecule has 2 N–H and O–H groups in total. The second kappa shape index (κ2) is 7.37. The number of H-pyrrole nitrogens is 2. The molecule has 0 fully saturated rings. The number of benzene rings is 3. The van der Waals surface area contributed by atoms with Gasteiger partial charge in [0.1, 0.15) is 0 Å². The molecule has 0 atom stereocenters. The van der Waals surface area contributed by atoms with Crippen molar-refractivity contribution in [3.63, 3.8) is 0 Å². The summed E-state index contributed by atoms with van der Waals surface area (Å²) in [7, 11) is 0. The Morgan fingerprint density at radius 3 is 1.31 bits per heavy atom. The van der Waals surface area contributed by atoms with Crippen molar-refractivity contribution in [1.82, 2.24) is 19.1 Å². The number of hydrogen-bond donors (Lipinski definition) is 2. The van der Waals surface area contributed by atoms with Crippen LogP contribution in [0.1, 0.15) is 0 Å². The highest BCUT2D eigenvalue weighted by Gasteiger charge is 2.13. The zero-order chi connectivity index (χ0) is 22.6. The number of nitrogens with zero attached hydrogens (tertiary/aromatic N) is 2. The quantitative estimate of drug-likeness (QED) is 0.416. The van der Waals surface area contributed by atoms with Crippen molar-refractivity contribution < 1.29 is 0 Å². The van der Waals surface area contributed by atoms with E-state index in [1.54, 1.807) is 12.1 Å². The van der Waals surface area contributed by atoms with Crippen LogP contribution in [-0.4, -0.2) is 19.1 Å². The second-order valence-electron chi connectivity index (χ2n) is 7.04. The molecule has 10 heteroatoms. The maximum Gasteiger partial charge on any atom is 0.333 e. The summed E-state index contributed by atoms with van der Waals surface area (Å²) in [5.41, 5.74) is -1.13. The molecule has 0 aliphatic heterocycles. The van der Waals surface area contributed by atoms with Gasteiger partial charge in [-0.05, 0) is 60.7 Å². The molecular formula is C22H12Cl2N4O4. The number of nitrogens with one attached hydrogen (secondary N) is 2. The van der Waals surface area contributed by atoms with E-state index in [-0.39, 0.29) is 11.4 Å². The molecule has 158 valence electrons. The summed E-state index contributed by atoms with van der Waals surface area (Å²) in [4.78, 5) is 56.1. The summed E-state index contributed by atoms with van der Waals surface area (Å²) in [6.07, 6.45) is 0. The average molecular weight is 467 g/mol. The number of aromatic amines is 2. The molecule has 0 bridgehead atoms. The highest BCUT2D eigenvalue weighted by Crippen LogP contribution is 2.16. The fourth-order valence-corrected chi connectivity index (χ4v) is 3.94. The summed E-state index contributed by atoms with van der Waals surface area (Å²) in [6.45, 7) is 0. The van der Waals surface area contributed by atoms with E-state index in [9.17, 15) is 19.2 Å². The SMILES string of the molecule is O=c1[nH]c2cc(Cl)ccc2c(=O)n1-c1ccc(-n2c(=O)[nH]c3cc(Cl)ccc3c2=O)cc1. The fourth-order valence-electron chi connectivity index (χ4n) is 3.60. The van der Waals surface area contributed by atoms with Crippen molar-refractivity contribution in [2.45, 2.75) is 0 Å². The van der Waals surface area contributed by atoms with Gasteiger partial charge in [-0.1, -0.05) is 23.2 Å². The third-order valence-corrected chi connectivity index (χ3v) is 5.56. The first kappa shape index (κ1) is 20.0. The van der Waals surface area contributed by atoms with Crippen LogP contribution in [0, 0.1) is 0 Å². The molecule has 0 spiro atoms. The van der Waals surface area contributed by atoms with Crippen molar-refractivity contribution >= 4 is 45.0 Å². The lowest BCUT2D eigenvalue weighted by Gasteiger charge is -2.09. The van der Waals surface area contributed by atoms with Gasteiger partial charge in [0.15, 0.2) is 0 Å². The Balaban J connectivity index is 1.66. The highest BCUT2D eigenvalue weighted by atomic mass is 35.5. The van der Waals surface area contributed by atoms with E-state index < -0.39 is 22.5 Å². The molecule has 0 radical (unpaired) electrons. The van der Waals surface area contributed by atoms with Crippen molar-refractivity contribution in [2.24, 2.45) is 0 Å². The molecule has 0 unspecified atom stereocenters. The molecule has 8 nitrogen and oxygen atoms in total. The third-order valence-electron chi connectivity index (χ3n) is 5.09. The number of aromatic nitrogens is 4. The molecule has 0 aliphatic carbocycles. The van der Waals surface area contributed by atoms with Gasteiger partial charge >= 0.3 is 11.4 Å². The van der Waals surface area contributed by atoms with Gasteiger partial charge in [-0.25, -0.2) is 18.7 Å². The second-order valence-corrected chi connectivity index (χ2v) is 7.91. The first-order chi connectivity index (χ1) is 15.3. The van der Waals surface area contributed by atoms with Crippen LogP contribution in [0.5, 0.6) is 0 Å². The number of halogens is 2. The molecular weight excluding hydrogens is 455 g/mol. The Hall–Kier alpha value is -3.88. The van der Waals surface area contributed by atoms with Crippen LogP contribution in [0.4, 0.5) is 0 Å². The number of hydrogen-bond acceptors (Lipinski definition) is 4. The minimum atomic E-state index is -0.643. The lowest BCUT2D eigenvalue weighted by atomic mass is 10.2. The van der Waals surface area contributed by atoms with Gasteiger partial charge in [0.25, 0.3) is 11.1 Å². The molecule has 0 saturated heterocycles. The zero-order valence-electron chi connectivity index (χ0n) is 16.1. The molecule has 0 amide bonds. The lowest BCUT2D eigenvalue weighted by Crippen LogP contribution is -2.34. The van der Waals surface area contributed by atoms with Crippen LogP contribution in [-0.2, 0) is 0 Å². The first-order valence-electron chi connectivity index (χ1n) is 9.33. The Bertz CT molecular complexity index is 1650. The van der Waals surface area contributed by atoms with Crippen LogP contribution in [0.2, 0.25) is 10.0 Å². The van der Waals surface area contributed by atoms with Crippen LogP contribution in [0.25, 0.3) is 33.2 Å². The van der Waals surface area contributed by atoms with E-state index in [2.05, 4.69) is 9.97 Å². The van der Waals surface area contributed by atoms with Crippen LogP contribution < -0.4 is 22.5 Å².